The van der Waals surface area contributed by atoms with Gasteiger partial charge in [0.25, 0.3) is 0 Å². The molecule has 0 aromatic carbocycles. The van der Waals surface area contributed by atoms with Crippen molar-refractivity contribution in [2.24, 2.45) is 11.7 Å². The maximum Gasteiger partial charge on any atom is 0.306 e. The van der Waals surface area contributed by atoms with Crippen LogP contribution < -0.4 is 5.73 Å². The summed E-state index contributed by atoms with van der Waals surface area (Å²) in [5.41, 5.74) is 4.86. The summed E-state index contributed by atoms with van der Waals surface area (Å²) in [6.45, 7) is 1.78. The van der Waals surface area contributed by atoms with Crippen molar-refractivity contribution < 1.29 is 14.7 Å². The highest BCUT2D eigenvalue weighted by atomic mass is 16.4. The Morgan fingerprint density at radius 2 is 2.09 bits per heavy atom. The predicted octanol–water partition coefficient (Wildman–Crippen LogP) is 0.363. The molecule has 1 amide bonds. The van der Waals surface area contributed by atoms with Crippen LogP contribution in [0.5, 0.6) is 0 Å². The second-order valence-corrected chi connectivity index (χ2v) is 2.45. The van der Waals surface area contributed by atoms with E-state index in [1.54, 1.807) is 6.92 Å². The van der Waals surface area contributed by atoms with Crippen molar-refractivity contribution >= 4 is 11.9 Å². The summed E-state index contributed by atoms with van der Waals surface area (Å²) in [6.07, 6.45) is 1.05. The van der Waals surface area contributed by atoms with Crippen LogP contribution in [0.4, 0.5) is 0 Å². The Morgan fingerprint density at radius 3 is 2.36 bits per heavy atom. The van der Waals surface area contributed by atoms with Crippen molar-refractivity contribution in [1.82, 2.24) is 0 Å². The SMILES string of the molecule is CCC(CCC(N)=O)C(=O)O. The van der Waals surface area contributed by atoms with E-state index in [2.05, 4.69) is 0 Å². The van der Waals surface area contributed by atoms with Gasteiger partial charge in [-0.25, -0.2) is 0 Å². The first-order valence-corrected chi connectivity index (χ1v) is 3.59. The normalized spacial score (nSPS) is 12.5. The number of aliphatic carboxylic acids is 1. The molecule has 0 aliphatic heterocycles. The summed E-state index contributed by atoms with van der Waals surface area (Å²) in [6, 6.07) is 0. The van der Waals surface area contributed by atoms with Gasteiger partial charge in [0.15, 0.2) is 0 Å². The number of nitrogens with two attached hydrogens (primary N) is 1. The van der Waals surface area contributed by atoms with Gasteiger partial charge in [-0.1, -0.05) is 6.92 Å². The van der Waals surface area contributed by atoms with Crippen LogP contribution in [0.15, 0.2) is 0 Å². The molecule has 0 aromatic rings. The highest BCUT2D eigenvalue weighted by Crippen LogP contribution is 2.10. The fourth-order valence-electron chi connectivity index (χ4n) is 0.819. The largest absolute Gasteiger partial charge is 0.481 e. The first-order chi connectivity index (χ1) is 5.07. The molecule has 0 aliphatic carbocycles. The molecule has 0 aromatic heterocycles. The van der Waals surface area contributed by atoms with Crippen LogP contribution in [-0.2, 0) is 9.59 Å². The zero-order valence-corrected chi connectivity index (χ0v) is 6.54. The number of hydrogen-bond donors (Lipinski definition) is 2. The topological polar surface area (TPSA) is 80.4 Å². The Labute approximate surface area is 65.4 Å². The van der Waals surface area contributed by atoms with Crippen LogP contribution in [0.1, 0.15) is 26.2 Å². The summed E-state index contributed by atoms with van der Waals surface area (Å²) in [4.78, 5) is 20.7. The lowest BCUT2D eigenvalue weighted by Crippen LogP contribution is -2.17. The van der Waals surface area contributed by atoms with Crippen molar-refractivity contribution in [2.45, 2.75) is 26.2 Å². The van der Waals surface area contributed by atoms with Crippen molar-refractivity contribution in [1.29, 1.82) is 0 Å². The Hall–Kier alpha value is -1.06. The summed E-state index contributed by atoms with van der Waals surface area (Å²) in [5, 5.41) is 8.53. The number of carboxylic acid groups (broad SMARTS) is 1. The van der Waals surface area contributed by atoms with Gasteiger partial charge in [0.05, 0.1) is 5.92 Å². The van der Waals surface area contributed by atoms with Crippen LogP contribution in [0.3, 0.4) is 0 Å². The van der Waals surface area contributed by atoms with Gasteiger partial charge in [0.2, 0.25) is 5.91 Å². The summed E-state index contributed by atoms with van der Waals surface area (Å²) < 4.78 is 0. The second-order valence-electron chi connectivity index (χ2n) is 2.45. The molecule has 0 rings (SSSR count). The third-order valence-electron chi connectivity index (χ3n) is 1.58. The van der Waals surface area contributed by atoms with Crippen LogP contribution >= 0.6 is 0 Å². The minimum Gasteiger partial charge on any atom is -0.481 e. The molecular weight excluding hydrogens is 146 g/mol. The smallest absolute Gasteiger partial charge is 0.306 e. The Bertz CT molecular complexity index is 156. The first-order valence-electron chi connectivity index (χ1n) is 3.59. The zero-order chi connectivity index (χ0) is 8.85. The molecule has 0 aliphatic rings. The quantitative estimate of drug-likeness (QED) is 0.607. The average Bonchev–Trinajstić information content (AvgIpc) is 1.87. The van der Waals surface area contributed by atoms with E-state index in [-0.39, 0.29) is 6.42 Å². The Balaban J connectivity index is 3.70. The molecular formula is C7H13NO3. The molecule has 4 heteroatoms. The number of carboxylic acids is 1. The van der Waals surface area contributed by atoms with Crippen LogP contribution in [0.2, 0.25) is 0 Å². The van der Waals surface area contributed by atoms with Crippen molar-refractivity contribution in [3.05, 3.63) is 0 Å². The standard InChI is InChI=1S/C7H13NO3/c1-2-5(7(10)11)3-4-6(8)9/h5H,2-4H2,1H3,(H2,8,9)(H,10,11). The number of hydrogen-bond acceptors (Lipinski definition) is 2. The summed E-state index contributed by atoms with van der Waals surface area (Å²) in [7, 11) is 0. The van der Waals surface area contributed by atoms with E-state index in [4.69, 9.17) is 10.8 Å². The number of amides is 1. The monoisotopic (exact) mass is 159 g/mol. The van der Waals surface area contributed by atoms with Gasteiger partial charge in [-0.05, 0) is 12.8 Å². The van der Waals surface area contributed by atoms with Gasteiger partial charge in [0, 0.05) is 6.42 Å². The van der Waals surface area contributed by atoms with Crippen LogP contribution in [0, 0.1) is 5.92 Å². The maximum absolute atomic E-state index is 10.4. The van der Waals surface area contributed by atoms with Gasteiger partial charge < -0.3 is 10.8 Å². The van der Waals surface area contributed by atoms with E-state index in [0.717, 1.165) is 0 Å². The lowest BCUT2D eigenvalue weighted by molar-refractivity contribution is -0.142. The Kier molecular flexibility index (Phi) is 4.26. The average molecular weight is 159 g/mol. The first kappa shape index (κ1) is 9.94. The molecule has 1 unspecified atom stereocenters. The molecule has 0 fully saturated rings. The van der Waals surface area contributed by atoms with Gasteiger partial charge in [-0.15, -0.1) is 0 Å². The molecule has 64 valence electrons. The van der Waals surface area contributed by atoms with E-state index < -0.39 is 17.8 Å². The fraction of sp³-hybridized carbons (Fsp3) is 0.714. The van der Waals surface area contributed by atoms with E-state index in [1.807, 2.05) is 0 Å². The van der Waals surface area contributed by atoms with Gasteiger partial charge in [-0.3, -0.25) is 9.59 Å². The van der Waals surface area contributed by atoms with Crippen LogP contribution in [-0.4, -0.2) is 17.0 Å². The molecule has 0 bridgehead atoms. The fourth-order valence-corrected chi connectivity index (χ4v) is 0.819. The second kappa shape index (κ2) is 4.71. The van der Waals surface area contributed by atoms with Crippen LogP contribution in [0.25, 0.3) is 0 Å². The molecule has 4 nitrogen and oxygen atoms in total. The van der Waals surface area contributed by atoms with E-state index in [9.17, 15) is 9.59 Å². The number of carbonyl (C=O) groups is 2. The number of primary amides is 1. The highest BCUT2D eigenvalue weighted by molar-refractivity contribution is 5.75. The Morgan fingerprint density at radius 1 is 1.55 bits per heavy atom. The highest BCUT2D eigenvalue weighted by Gasteiger charge is 2.14. The molecule has 3 N–H and O–H groups in total. The number of rotatable bonds is 5. The van der Waals surface area contributed by atoms with Crippen molar-refractivity contribution in [2.75, 3.05) is 0 Å². The van der Waals surface area contributed by atoms with Crippen molar-refractivity contribution in [3.63, 3.8) is 0 Å². The minimum absolute atomic E-state index is 0.158. The van der Waals surface area contributed by atoms with Gasteiger partial charge in [-0.2, -0.15) is 0 Å². The predicted molar refractivity (Wildman–Crippen MR) is 39.8 cm³/mol. The minimum atomic E-state index is -0.853. The molecule has 1 atom stereocenters. The lowest BCUT2D eigenvalue weighted by atomic mass is 10.0. The summed E-state index contributed by atoms with van der Waals surface area (Å²) in [5.74, 6) is -1.72. The molecule has 0 radical (unpaired) electrons. The molecule has 11 heavy (non-hydrogen) atoms. The molecule has 0 saturated heterocycles. The molecule has 0 heterocycles. The van der Waals surface area contributed by atoms with E-state index >= 15 is 0 Å². The van der Waals surface area contributed by atoms with E-state index in [0.29, 0.717) is 12.8 Å². The molecule has 0 saturated carbocycles. The third-order valence-corrected chi connectivity index (χ3v) is 1.58. The van der Waals surface area contributed by atoms with Gasteiger partial charge >= 0.3 is 5.97 Å². The van der Waals surface area contributed by atoms with E-state index in [1.165, 1.54) is 0 Å². The third kappa shape index (κ3) is 4.36. The zero-order valence-electron chi connectivity index (χ0n) is 6.54. The summed E-state index contributed by atoms with van der Waals surface area (Å²) >= 11 is 0. The van der Waals surface area contributed by atoms with Gasteiger partial charge in [0.1, 0.15) is 0 Å². The molecule has 0 spiro atoms. The van der Waals surface area contributed by atoms with Crippen molar-refractivity contribution in [3.8, 4) is 0 Å². The number of carbonyl (C=O) groups excluding carboxylic acids is 1. The maximum atomic E-state index is 10.4. The lowest BCUT2D eigenvalue weighted by Gasteiger charge is -2.06.